The lowest BCUT2D eigenvalue weighted by atomic mass is 9.98. The highest BCUT2D eigenvalue weighted by molar-refractivity contribution is 5.36. The molecule has 0 aromatic heterocycles. The van der Waals surface area contributed by atoms with Crippen LogP contribution in [-0.2, 0) is 0 Å². The highest BCUT2D eigenvalue weighted by Crippen LogP contribution is 2.35. The van der Waals surface area contributed by atoms with Crippen LogP contribution in [0.2, 0.25) is 0 Å². The van der Waals surface area contributed by atoms with Crippen molar-refractivity contribution in [2.24, 2.45) is 11.7 Å². The molecule has 16 heavy (non-hydrogen) atoms. The number of hydrogen-bond donors (Lipinski definition) is 2. The number of nitrogens with zero attached hydrogens (tertiary/aromatic N) is 1. The lowest BCUT2D eigenvalue weighted by Crippen LogP contribution is -2.20. The molecule has 3 nitrogen and oxygen atoms in total. The van der Waals surface area contributed by atoms with Crippen molar-refractivity contribution in [2.45, 2.75) is 19.4 Å². The van der Waals surface area contributed by atoms with Crippen molar-refractivity contribution in [2.75, 3.05) is 20.1 Å². The predicted octanol–water partition coefficient (Wildman–Crippen LogP) is 1.65. The Kier molecular flexibility index (Phi) is 3.17. The van der Waals surface area contributed by atoms with Crippen LogP contribution in [0.25, 0.3) is 0 Å². The average Bonchev–Trinajstić information content (AvgIpc) is 2.64. The summed E-state index contributed by atoms with van der Waals surface area (Å²) in [6.07, 6.45) is 1.12. The van der Waals surface area contributed by atoms with Crippen molar-refractivity contribution < 1.29 is 5.11 Å². The Hall–Kier alpha value is -1.06. The first kappa shape index (κ1) is 11.4. The molecule has 0 radical (unpaired) electrons. The number of aryl methyl sites for hydroxylation is 1. The van der Waals surface area contributed by atoms with E-state index in [4.69, 9.17) is 5.73 Å². The highest BCUT2D eigenvalue weighted by atomic mass is 16.3. The number of nitrogens with two attached hydrogens (primary N) is 1. The van der Waals surface area contributed by atoms with E-state index in [1.807, 2.05) is 13.0 Å². The summed E-state index contributed by atoms with van der Waals surface area (Å²) in [5, 5.41) is 9.52. The molecule has 0 amide bonds. The summed E-state index contributed by atoms with van der Waals surface area (Å²) in [6.45, 7) is 3.77. The van der Waals surface area contributed by atoms with Gasteiger partial charge in [-0.2, -0.15) is 0 Å². The van der Waals surface area contributed by atoms with E-state index < -0.39 is 0 Å². The molecule has 1 aliphatic rings. The topological polar surface area (TPSA) is 49.5 Å². The van der Waals surface area contributed by atoms with Crippen LogP contribution in [-0.4, -0.2) is 30.1 Å². The molecule has 0 bridgehead atoms. The van der Waals surface area contributed by atoms with E-state index in [9.17, 15) is 5.11 Å². The summed E-state index contributed by atoms with van der Waals surface area (Å²) in [5.74, 6) is 0.976. The molecule has 88 valence electrons. The van der Waals surface area contributed by atoms with E-state index in [1.54, 1.807) is 6.07 Å². The smallest absolute Gasteiger partial charge is 0.118 e. The number of likely N-dealkylation sites (tertiary alicyclic amines) is 1. The predicted molar refractivity (Wildman–Crippen MR) is 65.4 cm³/mol. The molecular weight excluding hydrogens is 200 g/mol. The first-order valence-corrected chi connectivity index (χ1v) is 5.81. The van der Waals surface area contributed by atoms with Gasteiger partial charge in [-0.1, -0.05) is 12.1 Å². The first-order chi connectivity index (χ1) is 7.61. The van der Waals surface area contributed by atoms with Crippen molar-refractivity contribution in [1.29, 1.82) is 0 Å². The van der Waals surface area contributed by atoms with Crippen LogP contribution in [0.5, 0.6) is 5.75 Å². The van der Waals surface area contributed by atoms with Gasteiger partial charge in [0.05, 0.1) is 0 Å². The molecule has 1 aromatic carbocycles. The standard InChI is InChI=1S/C13H20N2O/c1-9-5-11(3-4-13(9)16)12-6-10(7-14)8-15(12)2/h3-5,10,12,16H,6-8,14H2,1-2H3. The second-order valence-corrected chi connectivity index (χ2v) is 4.84. The zero-order valence-corrected chi connectivity index (χ0v) is 9.98. The molecule has 3 N–H and O–H groups in total. The molecule has 1 aliphatic heterocycles. The van der Waals surface area contributed by atoms with Crippen LogP contribution in [0.3, 0.4) is 0 Å². The van der Waals surface area contributed by atoms with Gasteiger partial charge >= 0.3 is 0 Å². The lowest BCUT2D eigenvalue weighted by molar-refractivity contribution is 0.313. The Balaban J connectivity index is 2.21. The summed E-state index contributed by atoms with van der Waals surface area (Å²) in [6, 6.07) is 6.33. The third-order valence-electron chi connectivity index (χ3n) is 3.57. The maximum atomic E-state index is 9.52. The SMILES string of the molecule is Cc1cc(C2CC(CN)CN2C)ccc1O. The quantitative estimate of drug-likeness (QED) is 0.797. The maximum Gasteiger partial charge on any atom is 0.118 e. The van der Waals surface area contributed by atoms with E-state index in [1.165, 1.54) is 5.56 Å². The van der Waals surface area contributed by atoms with Crippen LogP contribution < -0.4 is 5.73 Å². The number of rotatable bonds is 2. The zero-order valence-electron chi connectivity index (χ0n) is 9.98. The fourth-order valence-corrected chi connectivity index (χ4v) is 2.55. The summed E-state index contributed by atoms with van der Waals surface area (Å²) >= 11 is 0. The number of hydrogen-bond acceptors (Lipinski definition) is 3. The molecule has 3 heteroatoms. The van der Waals surface area contributed by atoms with Gasteiger partial charge in [0.25, 0.3) is 0 Å². The minimum atomic E-state index is 0.375. The third kappa shape index (κ3) is 2.06. The molecule has 1 fully saturated rings. The fraction of sp³-hybridized carbons (Fsp3) is 0.538. The highest BCUT2D eigenvalue weighted by Gasteiger charge is 2.29. The van der Waals surface area contributed by atoms with Gasteiger partial charge in [0.15, 0.2) is 0 Å². The van der Waals surface area contributed by atoms with Gasteiger partial charge in [-0.25, -0.2) is 0 Å². The normalized spacial score (nSPS) is 26.2. The molecule has 2 unspecified atom stereocenters. The second-order valence-electron chi connectivity index (χ2n) is 4.84. The number of aromatic hydroxyl groups is 1. The third-order valence-corrected chi connectivity index (χ3v) is 3.57. The average molecular weight is 220 g/mol. The molecule has 0 saturated carbocycles. The number of phenols is 1. The maximum absolute atomic E-state index is 9.52. The summed E-state index contributed by atoms with van der Waals surface area (Å²) in [5.41, 5.74) is 7.96. The number of benzene rings is 1. The van der Waals surface area contributed by atoms with Gasteiger partial charge in [0.2, 0.25) is 0 Å². The molecule has 2 atom stereocenters. The molecular formula is C13H20N2O. The van der Waals surface area contributed by atoms with E-state index in [-0.39, 0.29) is 0 Å². The number of phenolic OH excluding ortho intramolecular Hbond substituents is 1. The van der Waals surface area contributed by atoms with E-state index in [0.717, 1.165) is 25.1 Å². The minimum Gasteiger partial charge on any atom is -0.508 e. The van der Waals surface area contributed by atoms with E-state index >= 15 is 0 Å². The molecule has 0 spiro atoms. The Bertz CT molecular complexity index is 378. The van der Waals surface area contributed by atoms with Gasteiger partial charge in [-0.3, -0.25) is 4.90 Å². The lowest BCUT2D eigenvalue weighted by Gasteiger charge is -2.20. The van der Waals surface area contributed by atoms with Crippen molar-refractivity contribution in [3.63, 3.8) is 0 Å². The molecule has 2 rings (SSSR count). The van der Waals surface area contributed by atoms with Crippen LogP contribution in [0.15, 0.2) is 18.2 Å². The van der Waals surface area contributed by atoms with Crippen molar-refractivity contribution in [1.82, 2.24) is 4.90 Å². The minimum absolute atomic E-state index is 0.375. The Labute approximate surface area is 96.9 Å². The van der Waals surface area contributed by atoms with Crippen LogP contribution >= 0.6 is 0 Å². The van der Waals surface area contributed by atoms with Gasteiger partial charge in [-0.15, -0.1) is 0 Å². The van der Waals surface area contributed by atoms with E-state index in [0.29, 0.717) is 17.7 Å². The van der Waals surface area contributed by atoms with Crippen molar-refractivity contribution in [3.8, 4) is 5.75 Å². The Morgan fingerprint density at radius 3 is 2.81 bits per heavy atom. The zero-order chi connectivity index (χ0) is 11.7. The second kappa shape index (κ2) is 4.44. The molecule has 0 aliphatic carbocycles. The van der Waals surface area contributed by atoms with Gasteiger partial charge in [0, 0.05) is 12.6 Å². The van der Waals surface area contributed by atoms with Crippen LogP contribution in [0.4, 0.5) is 0 Å². The van der Waals surface area contributed by atoms with Gasteiger partial charge in [-0.05, 0) is 50.0 Å². The Morgan fingerprint density at radius 1 is 1.50 bits per heavy atom. The van der Waals surface area contributed by atoms with Gasteiger partial charge < -0.3 is 10.8 Å². The molecule has 1 heterocycles. The summed E-state index contributed by atoms with van der Waals surface area (Å²) < 4.78 is 0. The van der Waals surface area contributed by atoms with Crippen LogP contribution in [0, 0.1) is 12.8 Å². The Morgan fingerprint density at radius 2 is 2.25 bits per heavy atom. The largest absolute Gasteiger partial charge is 0.508 e. The van der Waals surface area contributed by atoms with Gasteiger partial charge in [0.1, 0.15) is 5.75 Å². The van der Waals surface area contributed by atoms with Crippen molar-refractivity contribution >= 4 is 0 Å². The van der Waals surface area contributed by atoms with Crippen LogP contribution in [0.1, 0.15) is 23.6 Å². The molecule has 1 saturated heterocycles. The monoisotopic (exact) mass is 220 g/mol. The molecule has 1 aromatic rings. The first-order valence-electron chi connectivity index (χ1n) is 5.81. The fourth-order valence-electron chi connectivity index (χ4n) is 2.55. The van der Waals surface area contributed by atoms with Crippen molar-refractivity contribution in [3.05, 3.63) is 29.3 Å². The summed E-state index contributed by atoms with van der Waals surface area (Å²) in [4.78, 5) is 2.35. The van der Waals surface area contributed by atoms with E-state index in [2.05, 4.69) is 18.0 Å². The summed E-state index contributed by atoms with van der Waals surface area (Å²) in [7, 11) is 2.14.